The van der Waals surface area contributed by atoms with E-state index in [2.05, 4.69) is 38.4 Å². The summed E-state index contributed by atoms with van der Waals surface area (Å²) in [4.78, 5) is 39.5. The fourth-order valence-electron chi connectivity index (χ4n) is 3.88. The number of ether oxygens (including phenoxy) is 1. The largest absolute Gasteiger partial charge is 0.378 e. The van der Waals surface area contributed by atoms with Crippen LogP contribution in [-0.4, -0.2) is 98.2 Å². The van der Waals surface area contributed by atoms with Crippen molar-refractivity contribution in [1.82, 2.24) is 25.1 Å². The third kappa shape index (κ3) is 9.91. The zero-order valence-corrected chi connectivity index (χ0v) is 24.2. The van der Waals surface area contributed by atoms with E-state index in [-0.39, 0.29) is 11.8 Å². The molecular weight excluding hydrogens is 520 g/mol. The maximum atomic E-state index is 12.5. The summed E-state index contributed by atoms with van der Waals surface area (Å²) in [6, 6.07) is 8.68. The molecule has 11 nitrogen and oxygen atoms in total. The number of hydrogen-bond donors (Lipinski definition) is 2. The number of nitriles is 1. The van der Waals surface area contributed by atoms with Crippen molar-refractivity contribution in [3.63, 3.8) is 0 Å². The summed E-state index contributed by atoms with van der Waals surface area (Å²) < 4.78 is 5.50. The van der Waals surface area contributed by atoms with Gasteiger partial charge in [0, 0.05) is 51.4 Å². The number of carbonyl (C=O) groups is 2. The van der Waals surface area contributed by atoms with Crippen molar-refractivity contribution in [1.29, 1.82) is 5.26 Å². The summed E-state index contributed by atoms with van der Waals surface area (Å²) in [6.45, 7) is 5.42. The Kier molecular flexibility index (Phi) is 12.1. The number of hydrogen-bond acceptors (Lipinski definition) is 9. The lowest BCUT2D eigenvalue weighted by atomic mass is 10.2. The minimum absolute atomic E-state index is 0.207. The fraction of sp³-hybridized carbons (Fsp3) is 0.433. The first-order valence-corrected chi connectivity index (χ1v) is 13.6. The van der Waals surface area contributed by atoms with Gasteiger partial charge in [-0.25, -0.2) is 4.98 Å². The molecule has 1 aliphatic rings. The van der Waals surface area contributed by atoms with E-state index >= 15 is 0 Å². The molecule has 2 heterocycles. The first kappa shape index (κ1) is 31.1. The summed E-state index contributed by atoms with van der Waals surface area (Å²) in [5.74, 6) is 7.08. The van der Waals surface area contributed by atoms with Crippen molar-refractivity contribution in [3.05, 3.63) is 53.7 Å². The topological polar surface area (TPSA) is 127 Å². The number of aromatic nitrogens is 2. The first-order valence-electron chi connectivity index (χ1n) is 13.6. The van der Waals surface area contributed by atoms with Crippen molar-refractivity contribution in [3.8, 4) is 17.9 Å². The molecule has 0 aliphatic carbocycles. The Bertz CT molecular complexity index is 1320. The van der Waals surface area contributed by atoms with Crippen molar-refractivity contribution >= 4 is 29.3 Å². The van der Waals surface area contributed by atoms with Gasteiger partial charge in [-0.05, 0) is 45.6 Å². The molecule has 2 N–H and O–H groups in total. The molecule has 2 amide bonds. The van der Waals surface area contributed by atoms with Gasteiger partial charge in [-0.2, -0.15) is 10.2 Å². The fourth-order valence-corrected chi connectivity index (χ4v) is 3.88. The Morgan fingerprint density at radius 1 is 1.24 bits per heavy atom. The zero-order chi connectivity index (χ0) is 29.6. The summed E-state index contributed by atoms with van der Waals surface area (Å²) in [5, 5.41) is 15.2. The maximum absolute atomic E-state index is 12.5. The van der Waals surface area contributed by atoms with Crippen LogP contribution in [0.15, 0.2) is 42.6 Å². The minimum Gasteiger partial charge on any atom is -0.378 e. The quantitative estimate of drug-likeness (QED) is 0.242. The molecule has 1 aromatic heterocycles. The van der Waals surface area contributed by atoms with Crippen molar-refractivity contribution in [2.24, 2.45) is 0 Å². The molecule has 1 fully saturated rings. The Morgan fingerprint density at radius 3 is 2.76 bits per heavy atom. The number of rotatable bonds is 11. The van der Waals surface area contributed by atoms with Crippen LogP contribution in [0.5, 0.6) is 0 Å². The highest BCUT2D eigenvalue weighted by Gasteiger charge is 2.20. The number of nitrogens with one attached hydrogen (secondary N) is 2. The molecule has 0 radical (unpaired) electrons. The molecule has 1 atom stereocenters. The molecule has 11 heteroatoms. The van der Waals surface area contributed by atoms with Gasteiger partial charge in [0.1, 0.15) is 11.9 Å². The van der Waals surface area contributed by atoms with Gasteiger partial charge in [0.15, 0.2) is 0 Å². The summed E-state index contributed by atoms with van der Waals surface area (Å²) in [6.07, 6.45) is 6.19. The molecule has 2 aromatic rings. The minimum atomic E-state index is -0.583. The molecule has 0 bridgehead atoms. The van der Waals surface area contributed by atoms with Crippen molar-refractivity contribution in [2.45, 2.75) is 25.8 Å². The van der Waals surface area contributed by atoms with Gasteiger partial charge in [-0.3, -0.25) is 9.59 Å². The maximum Gasteiger partial charge on any atom is 0.246 e. The Balaban J connectivity index is 1.56. The van der Waals surface area contributed by atoms with Gasteiger partial charge in [0.25, 0.3) is 0 Å². The molecule has 0 saturated carbocycles. The van der Waals surface area contributed by atoms with Crippen LogP contribution < -0.4 is 15.5 Å². The highest BCUT2D eigenvalue weighted by atomic mass is 16.5. The second-order valence-electron chi connectivity index (χ2n) is 9.83. The van der Waals surface area contributed by atoms with Gasteiger partial charge in [0.2, 0.25) is 17.8 Å². The van der Waals surface area contributed by atoms with Crippen LogP contribution in [0.25, 0.3) is 0 Å². The monoisotopic (exact) mass is 558 g/mol. The lowest BCUT2D eigenvalue weighted by Gasteiger charge is -2.28. The van der Waals surface area contributed by atoms with Crippen molar-refractivity contribution in [2.75, 3.05) is 70.8 Å². The van der Waals surface area contributed by atoms with Gasteiger partial charge in [0.05, 0.1) is 36.6 Å². The lowest BCUT2D eigenvalue weighted by molar-refractivity contribution is -0.135. The molecule has 3 rings (SSSR count). The Hall–Kier alpha value is -4.45. The Morgan fingerprint density at radius 2 is 2.02 bits per heavy atom. The van der Waals surface area contributed by atoms with Crippen LogP contribution in [-0.2, 0) is 14.3 Å². The van der Waals surface area contributed by atoms with Crippen LogP contribution in [0.1, 0.15) is 30.9 Å². The predicted octanol–water partition coefficient (Wildman–Crippen LogP) is 2.14. The zero-order valence-electron chi connectivity index (χ0n) is 24.2. The number of benzene rings is 1. The van der Waals surface area contributed by atoms with Crippen LogP contribution >= 0.6 is 0 Å². The molecule has 0 spiro atoms. The third-order valence-corrected chi connectivity index (χ3v) is 6.37. The van der Waals surface area contributed by atoms with Crippen LogP contribution in [0.4, 0.5) is 17.5 Å². The summed E-state index contributed by atoms with van der Waals surface area (Å²) in [5.41, 5.74) is 1.98. The molecule has 1 aliphatic heterocycles. The summed E-state index contributed by atoms with van der Waals surface area (Å²) in [7, 11) is 5.46. The van der Waals surface area contributed by atoms with E-state index in [1.807, 2.05) is 25.1 Å². The number of unbranched alkanes of at least 4 members (excludes halogenated alkanes) is 1. The lowest BCUT2D eigenvalue weighted by Crippen LogP contribution is -2.45. The number of morpholine rings is 1. The van der Waals surface area contributed by atoms with E-state index in [4.69, 9.17) is 15.0 Å². The molecule has 216 valence electrons. The normalized spacial score (nSPS) is 13.7. The first-order chi connectivity index (χ1) is 19.8. The van der Waals surface area contributed by atoms with Gasteiger partial charge < -0.3 is 30.1 Å². The van der Waals surface area contributed by atoms with Crippen LogP contribution in [0.3, 0.4) is 0 Å². The molecular formula is C30H38N8O3. The highest BCUT2D eigenvalue weighted by molar-refractivity contribution is 5.92. The second kappa shape index (κ2) is 16.0. The van der Waals surface area contributed by atoms with Crippen LogP contribution in [0, 0.1) is 23.2 Å². The summed E-state index contributed by atoms with van der Waals surface area (Å²) >= 11 is 0. The highest BCUT2D eigenvalue weighted by Crippen LogP contribution is 2.22. The number of likely N-dealkylation sites (N-methyl/N-ethyl adjacent to an activating group) is 2. The van der Waals surface area contributed by atoms with E-state index in [9.17, 15) is 9.59 Å². The number of amides is 2. The number of anilines is 3. The molecule has 1 aromatic carbocycles. The van der Waals surface area contributed by atoms with Crippen LogP contribution in [0.2, 0.25) is 0 Å². The third-order valence-electron chi connectivity index (χ3n) is 6.37. The van der Waals surface area contributed by atoms with E-state index in [0.717, 1.165) is 11.5 Å². The van der Waals surface area contributed by atoms with E-state index in [1.165, 1.54) is 11.0 Å². The van der Waals surface area contributed by atoms with Crippen molar-refractivity contribution < 1.29 is 14.3 Å². The SMILES string of the molecule is C[C@@H](C(=O)NCCCC#Cc1cnc(Nc2cccc(C#N)c2)nc1N1CCOCC1)N(C)C(=O)/C=C/CN(C)C. The van der Waals surface area contributed by atoms with Gasteiger partial charge in [-0.1, -0.05) is 24.0 Å². The Labute approximate surface area is 242 Å². The molecule has 41 heavy (non-hydrogen) atoms. The molecule has 0 unspecified atom stereocenters. The number of nitrogens with zero attached hydrogens (tertiary/aromatic N) is 6. The van der Waals surface area contributed by atoms with E-state index in [1.54, 1.807) is 44.4 Å². The van der Waals surface area contributed by atoms with Gasteiger partial charge >= 0.3 is 0 Å². The second-order valence-corrected chi connectivity index (χ2v) is 9.83. The molecule has 1 saturated heterocycles. The number of carbonyl (C=O) groups excluding carboxylic acids is 2. The van der Waals surface area contributed by atoms with E-state index < -0.39 is 6.04 Å². The predicted molar refractivity (Wildman–Crippen MR) is 159 cm³/mol. The van der Waals surface area contributed by atoms with Gasteiger partial charge in [-0.15, -0.1) is 0 Å². The smallest absolute Gasteiger partial charge is 0.246 e. The van der Waals surface area contributed by atoms with E-state index in [0.29, 0.717) is 69.3 Å². The standard InChI is InChI=1S/C30H38N8O3/c1-23(37(4)27(39)13-9-15-36(2)3)29(40)32-14-7-5-6-11-25-22-33-30(34-26-12-8-10-24(20-26)21-31)35-28(25)38-16-18-41-19-17-38/h8-10,12-13,20,22-23H,5,7,14-19H2,1-4H3,(H,32,40)(H,33,34,35)/b13-9+/t23-/m0/s1. The average Bonchev–Trinajstić information content (AvgIpc) is 2.98. The average molecular weight is 559 g/mol.